The van der Waals surface area contributed by atoms with Crippen molar-refractivity contribution in [3.63, 3.8) is 0 Å². The molecular formula is C20H23N3O4S2. The maximum absolute atomic E-state index is 12.6. The predicted molar refractivity (Wildman–Crippen MR) is 119 cm³/mol. The fourth-order valence-corrected chi connectivity index (χ4v) is 5.22. The molecule has 0 aliphatic carbocycles. The molecule has 0 fully saturated rings. The number of hydrogen-bond acceptors (Lipinski definition) is 5. The van der Waals surface area contributed by atoms with E-state index in [0.717, 1.165) is 27.8 Å². The Balaban J connectivity index is 1.82. The zero-order valence-electron chi connectivity index (χ0n) is 16.7. The summed E-state index contributed by atoms with van der Waals surface area (Å²) >= 11 is 1.15. The van der Waals surface area contributed by atoms with E-state index in [9.17, 15) is 18.0 Å². The summed E-state index contributed by atoms with van der Waals surface area (Å²) in [6, 6.07) is 11.8. The molecule has 0 saturated heterocycles. The summed E-state index contributed by atoms with van der Waals surface area (Å²) in [6.45, 7) is 5.97. The maximum Gasteiger partial charge on any atom is 0.308 e. The van der Waals surface area contributed by atoms with Gasteiger partial charge in [0.05, 0.1) is 22.2 Å². The number of nitrogens with one attached hydrogen (secondary N) is 1. The molecule has 3 rings (SSSR count). The summed E-state index contributed by atoms with van der Waals surface area (Å²) in [5, 5.41) is 2.83. The minimum Gasteiger partial charge on any atom is -0.322 e. The molecule has 0 atom stereocenters. The van der Waals surface area contributed by atoms with Crippen molar-refractivity contribution in [1.29, 1.82) is 0 Å². The molecule has 0 radical (unpaired) electrons. The van der Waals surface area contributed by atoms with E-state index in [1.807, 2.05) is 19.9 Å². The Labute approximate surface area is 173 Å². The van der Waals surface area contributed by atoms with Gasteiger partial charge in [-0.2, -0.15) is 0 Å². The first-order valence-electron chi connectivity index (χ1n) is 9.16. The number of hydrogen-bond donors (Lipinski definition) is 1. The standard InChI is InChI=1S/C20H23N3O4S2/c1-5-22(29(4,26)27)16-9-6-14(7-10-16)19(24)21-15-8-11-17-18(12-15)28-20(25)23(17)13(2)3/h6-13H,5H2,1-4H3,(H,21,24). The van der Waals surface area contributed by atoms with Crippen LogP contribution in [0.5, 0.6) is 0 Å². The Morgan fingerprint density at radius 2 is 1.83 bits per heavy atom. The van der Waals surface area contributed by atoms with Crippen LogP contribution in [0.4, 0.5) is 11.4 Å². The van der Waals surface area contributed by atoms with Crippen LogP contribution in [0.2, 0.25) is 0 Å². The normalized spacial score (nSPS) is 11.8. The first kappa shape index (κ1) is 21.1. The average Bonchev–Trinajstić information content (AvgIpc) is 2.96. The second-order valence-electron chi connectivity index (χ2n) is 6.94. The highest BCUT2D eigenvalue weighted by molar-refractivity contribution is 7.92. The number of anilines is 2. The fraction of sp³-hybridized carbons (Fsp3) is 0.300. The van der Waals surface area contributed by atoms with E-state index in [-0.39, 0.29) is 16.8 Å². The van der Waals surface area contributed by atoms with E-state index in [1.165, 1.54) is 4.31 Å². The lowest BCUT2D eigenvalue weighted by atomic mass is 10.2. The van der Waals surface area contributed by atoms with Crippen LogP contribution in [0.3, 0.4) is 0 Å². The molecule has 0 bridgehead atoms. The van der Waals surface area contributed by atoms with Crippen molar-refractivity contribution >= 4 is 48.9 Å². The largest absolute Gasteiger partial charge is 0.322 e. The highest BCUT2D eigenvalue weighted by Crippen LogP contribution is 2.25. The molecule has 2 aromatic carbocycles. The predicted octanol–water partition coefficient (Wildman–Crippen LogP) is 3.68. The summed E-state index contributed by atoms with van der Waals surface area (Å²) in [5.74, 6) is -0.311. The number of benzene rings is 2. The summed E-state index contributed by atoms with van der Waals surface area (Å²) in [7, 11) is -3.37. The van der Waals surface area contributed by atoms with Gasteiger partial charge in [0, 0.05) is 23.8 Å². The number of thiazole rings is 1. The van der Waals surface area contributed by atoms with E-state index < -0.39 is 10.0 Å². The molecule has 7 nitrogen and oxygen atoms in total. The van der Waals surface area contributed by atoms with Crippen molar-refractivity contribution in [3.05, 3.63) is 57.7 Å². The van der Waals surface area contributed by atoms with Gasteiger partial charge in [0.25, 0.3) is 5.91 Å². The van der Waals surface area contributed by atoms with Crippen molar-refractivity contribution in [2.75, 3.05) is 22.4 Å². The monoisotopic (exact) mass is 433 g/mol. The lowest BCUT2D eigenvalue weighted by Gasteiger charge is -2.20. The quantitative estimate of drug-likeness (QED) is 0.642. The van der Waals surface area contributed by atoms with E-state index in [1.54, 1.807) is 47.9 Å². The van der Waals surface area contributed by atoms with Crippen molar-refractivity contribution in [3.8, 4) is 0 Å². The Morgan fingerprint density at radius 3 is 2.38 bits per heavy atom. The van der Waals surface area contributed by atoms with Gasteiger partial charge in [-0.3, -0.25) is 18.5 Å². The summed E-state index contributed by atoms with van der Waals surface area (Å²) < 4.78 is 27.4. The van der Waals surface area contributed by atoms with E-state index in [2.05, 4.69) is 5.32 Å². The van der Waals surface area contributed by atoms with Crippen LogP contribution < -0.4 is 14.5 Å². The molecule has 0 saturated carbocycles. The summed E-state index contributed by atoms with van der Waals surface area (Å²) in [5.41, 5.74) is 2.35. The van der Waals surface area contributed by atoms with Crippen LogP contribution in [0, 0.1) is 0 Å². The molecular weight excluding hydrogens is 410 g/mol. The van der Waals surface area contributed by atoms with Gasteiger partial charge >= 0.3 is 4.87 Å². The van der Waals surface area contributed by atoms with Crippen molar-refractivity contribution < 1.29 is 13.2 Å². The average molecular weight is 434 g/mol. The number of carbonyl (C=O) groups excluding carboxylic acids is 1. The zero-order chi connectivity index (χ0) is 21.3. The fourth-order valence-electron chi connectivity index (χ4n) is 3.19. The first-order chi connectivity index (χ1) is 13.6. The van der Waals surface area contributed by atoms with Crippen LogP contribution in [0.15, 0.2) is 47.3 Å². The molecule has 29 heavy (non-hydrogen) atoms. The minimum absolute atomic E-state index is 0.0274. The number of carbonyl (C=O) groups is 1. The van der Waals surface area contributed by atoms with Gasteiger partial charge in [0.15, 0.2) is 0 Å². The molecule has 3 aromatic rings. The highest BCUT2D eigenvalue weighted by atomic mass is 32.2. The topological polar surface area (TPSA) is 88.5 Å². The van der Waals surface area contributed by atoms with Crippen LogP contribution in [-0.4, -0.2) is 31.7 Å². The second-order valence-corrected chi connectivity index (χ2v) is 9.84. The number of sulfonamides is 1. The number of amides is 1. The van der Waals surface area contributed by atoms with Gasteiger partial charge in [-0.15, -0.1) is 0 Å². The smallest absolute Gasteiger partial charge is 0.308 e. The molecule has 0 aliphatic rings. The van der Waals surface area contributed by atoms with Gasteiger partial charge in [-0.25, -0.2) is 8.42 Å². The molecule has 0 spiro atoms. The number of fused-ring (bicyclic) bond motifs is 1. The SMILES string of the molecule is CCN(c1ccc(C(=O)Nc2ccc3c(c2)sc(=O)n3C(C)C)cc1)S(C)(=O)=O. The molecule has 154 valence electrons. The van der Waals surface area contributed by atoms with Gasteiger partial charge in [-0.05, 0) is 63.2 Å². The second kappa shape index (κ2) is 8.00. The van der Waals surface area contributed by atoms with Gasteiger partial charge in [0.1, 0.15) is 0 Å². The lowest BCUT2D eigenvalue weighted by Crippen LogP contribution is -2.29. The van der Waals surface area contributed by atoms with E-state index in [0.29, 0.717) is 23.5 Å². The zero-order valence-corrected chi connectivity index (χ0v) is 18.3. The molecule has 1 heterocycles. The van der Waals surface area contributed by atoms with Crippen molar-refractivity contribution in [1.82, 2.24) is 4.57 Å². The van der Waals surface area contributed by atoms with E-state index in [4.69, 9.17) is 0 Å². The van der Waals surface area contributed by atoms with Crippen LogP contribution >= 0.6 is 11.3 Å². The molecule has 0 unspecified atom stereocenters. The number of nitrogens with zero attached hydrogens (tertiary/aromatic N) is 2. The lowest BCUT2D eigenvalue weighted by molar-refractivity contribution is 0.102. The van der Waals surface area contributed by atoms with Gasteiger partial charge in [0.2, 0.25) is 10.0 Å². The molecule has 1 amide bonds. The van der Waals surface area contributed by atoms with E-state index >= 15 is 0 Å². The van der Waals surface area contributed by atoms with Crippen LogP contribution in [0.25, 0.3) is 10.2 Å². The van der Waals surface area contributed by atoms with Gasteiger partial charge in [-0.1, -0.05) is 11.3 Å². The Bertz CT molecular complexity index is 1210. The number of aromatic nitrogens is 1. The van der Waals surface area contributed by atoms with Gasteiger partial charge < -0.3 is 5.32 Å². The van der Waals surface area contributed by atoms with Crippen molar-refractivity contribution in [2.45, 2.75) is 26.8 Å². The third kappa shape index (κ3) is 4.35. The molecule has 9 heteroatoms. The Hall–Kier alpha value is -2.65. The maximum atomic E-state index is 12.6. The molecule has 1 N–H and O–H groups in total. The first-order valence-corrected chi connectivity index (χ1v) is 11.8. The van der Waals surface area contributed by atoms with Crippen molar-refractivity contribution in [2.24, 2.45) is 0 Å². The third-order valence-electron chi connectivity index (χ3n) is 4.49. The van der Waals surface area contributed by atoms with Crippen LogP contribution in [-0.2, 0) is 10.0 Å². The summed E-state index contributed by atoms with van der Waals surface area (Å²) in [4.78, 5) is 24.7. The minimum atomic E-state index is -3.37. The Morgan fingerprint density at radius 1 is 1.17 bits per heavy atom. The highest BCUT2D eigenvalue weighted by Gasteiger charge is 2.16. The van der Waals surface area contributed by atoms with Crippen LogP contribution in [0.1, 0.15) is 37.2 Å². The number of rotatable bonds is 6. The molecule has 1 aromatic heterocycles. The third-order valence-corrected chi connectivity index (χ3v) is 6.68. The molecule has 0 aliphatic heterocycles. The summed E-state index contributed by atoms with van der Waals surface area (Å²) in [6.07, 6.45) is 1.15. The Kier molecular flexibility index (Phi) is 5.81.